The summed E-state index contributed by atoms with van der Waals surface area (Å²) in [6, 6.07) is 4.78. The van der Waals surface area contributed by atoms with Crippen molar-refractivity contribution in [3.63, 3.8) is 0 Å². The molecule has 4 heteroatoms. The van der Waals surface area contributed by atoms with Gasteiger partial charge in [-0.05, 0) is 31.5 Å². The van der Waals surface area contributed by atoms with Crippen molar-refractivity contribution in [1.82, 2.24) is 0 Å². The maximum Gasteiger partial charge on any atom is 0.183 e. The average Bonchev–Trinajstić information content (AvgIpc) is 2.17. The third kappa shape index (κ3) is 2.71. The fourth-order valence-electron chi connectivity index (χ4n) is 1.14. The summed E-state index contributed by atoms with van der Waals surface area (Å²) >= 11 is 11.7. The van der Waals surface area contributed by atoms with E-state index in [2.05, 4.69) is 0 Å². The monoisotopic (exact) mass is 245 g/mol. The van der Waals surface area contributed by atoms with Crippen molar-refractivity contribution in [1.29, 1.82) is 0 Å². The number of nitrogens with two attached hydrogens (primary N) is 1. The Morgan fingerprint density at radius 1 is 1.47 bits per heavy atom. The molecule has 0 radical (unpaired) electrons. The summed E-state index contributed by atoms with van der Waals surface area (Å²) < 4.78 is 0. The molecule has 82 valence electrons. The van der Waals surface area contributed by atoms with Crippen LogP contribution in [-0.2, 0) is 0 Å². The number of hydrogen-bond donors (Lipinski definition) is 1. The molecular formula is C11H13Cl2NO. The van der Waals surface area contributed by atoms with E-state index in [0.717, 1.165) is 0 Å². The van der Waals surface area contributed by atoms with Gasteiger partial charge < -0.3 is 5.73 Å². The Bertz CT molecular complexity index is 388. The lowest BCUT2D eigenvalue weighted by atomic mass is 9.90. The van der Waals surface area contributed by atoms with Crippen molar-refractivity contribution in [2.24, 2.45) is 5.73 Å². The molecule has 1 aromatic rings. The molecule has 1 rings (SSSR count). The molecule has 0 aromatic heterocycles. The van der Waals surface area contributed by atoms with E-state index in [0.29, 0.717) is 22.0 Å². The Balaban J connectivity index is 3.12. The lowest BCUT2D eigenvalue weighted by Crippen LogP contribution is -2.44. The van der Waals surface area contributed by atoms with E-state index < -0.39 is 5.54 Å². The fraction of sp³-hybridized carbons (Fsp3) is 0.364. The zero-order valence-corrected chi connectivity index (χ0v) is 10.2. The first-order valence-electron chi connectivity index (χ1n) is 4.67. The Kier molecular flexibility index (Phi) is 3.77. The lowest BCUT2D eigenvalue weighted by molar-refractivity contribution is 0.0898. The quantitative estimate of drug-likeness (QED) is 0.831. The van der Waals surface area contributed by atoms with Crippen molar-refractivity contribution in [3.05, 3.63) is 33.8 Å². The maximum atomic E-state index is 12.0. The minimum absolute atomic E-state index is 0.160. The Morgan fingerprint density at radius 3 is 2.53 bits per heavy atom. The van der Waals surface area contributed by atoms with Gasteiger partial charge in [0.05, 0.1) is 10.6 Å². The lowest BCUT2D eigenvalue weighted by Gasteiger charge is -2.21. The number of hydrogen-bond acceptors (Lipinski definition) is 2. The zero-order valence-electron chi connectivity index (χ0n) is 8.68. The van der Waals surface area contributed by atoms with Crippen LogP contribution >= 0.6 is 23.2 Å². The van der Waals surface area contributed by atoms with E-state index in [9.17, 15) is 4.79 Å². The van der Waals surface area contributed by atoms with E-state index in [4.69, 9.17) is 28.9 Å². The van der Waals surface area contributed by atoms with Crippen LogP contribution in [0.1, 0.15) is 30.6 Å². The Morgan fingerprint density at radius 2 is 2.07 bits per heavy atom. The minimum Gasteiger partial charge on any atom is -0.319 e. The number of rotatable bonds is 3. The van der Waals surface area contributed by atoms with E-state index in [1.165, 1.54) is 0 Å². The topological polar surface area (TPSA) is 43.1 Å². The molecule has 0 saturated carbocycles. The first-order chi connectivity index (χ1) is 6.88. The van der Waals surface area contributed by atoms with Gasteiger partial charge in [0.2, 0.25) is 0 Å². The molecule has 0 aliphatic carbocycles. The van der Waals surface area contributed by atoms with Crippen molar-refractivity contribution < 1.29 is 4.79 Å². The molecule has 1 atom stereocenters. The molecule has 0 heterocycles. The largest absolute Gasteiger partial charge is 0.319 e. The maximum absolute atomic E-state index is 12.0. The fourth-order valence-corrected chi connectivity index (χ4v) is 1.64. The molecule has 1 unspecified atom stereocenters. The molecule has 0 bridgehead atoms. The zero-order chi connectivity index (χ0) is 11.6. The van der Waals surface area contributed by atoms with E-state index in [1.54, 1.807) is 25.1 Å². The van der Waals surface area contributed by atoms with Crippen molar-refractivity contribution >= 4 is 29.0 Å². The number of carbonyl (C=O) groups is 1. The Labute approximate surface area is 99.4 Å². The van der Waals surface area contributed by atoms with Crippen molar-refractivity contribution in [3.8, 4) is 0 Å². The highest BCUT2D eigenvalue weighted by molar-refractivity contribution is 6.37. The van der Waals surface area contributed by atoms with Crippen LogP contribution in [-0.4, -0.2) is 11.3 Å². The Hall–Kier alpha value is -0.570. The van der Waals surface area contributed by atoms with Crippen LogP contribution in [0.4, 0.5) is 0 Å². The second kappa shape index (κ2) is 4.52. The van der Waals surface area contributed by atoms with Crippen molar-refractivity contribution in [2.45, 2.75) is 25.8 Å². The van der Waals surface area contributed by atoms with Crippen LogP contribution < -0.4 is 5.73 Å². The molecule has 0 fully saturated rings. The summed E-state index contributed by atoms with van der Waals surface area (Å²) in [7, 11) is 0. The molecule has 0 amide bonds. The van der Waals surface area contributed by atoms with Gasteiger partial charge >= 0.3 is 0 Å². The molecule has 2 nitrogen and oxygen atoms in total. The second-order valence-corrected chi connectivity index (χ2v) is 4.57. The normalized spacial score (nSPS) is 14.7. The molecule has 15 heavy (non-hydrogen) atoms. The van der Waals surface area contributed by atoms with Gasteiger partial charge in [-0.25, -0.2) is 0 Å². The summed E-state index contributed by atoms with van der Waals surface area (Å²) in [5, 5.41) is 0.851. The summed E-state index contributed by atoms with van der Waals surface area (Å²) in [5.41, 5.74) is 5.40. The van der Waals surface area contributed by atoms with Gasteiger partial charge in [0, 0.05) is 10.6 Å². The average molecular weight is 246 g/mol. The molecule has 0 aliphatic rings. The van der Waals surface area contributed by atoms with Crippen LogP contribution in [0.15, 0.2) is 18.2 Å². The molecule has 0 aliphatic heterocycles. The molecular weight excluding hydrogens is 233 g/mol. The van der Waals surface area contributed by atoms with Gasteiger partial charge in [-0.3, -0.25) is 4.79 Å². The van der Waals surface area contributed by atoms with Gasteiger partial charge in [-0.2, -0.15) is 0 Å². The summed E-state index contributed by atoms with van der Waals surface area (Å²) in [6.45, 7) is 3.56. The van der Waals surface area contributed by atoms with Gasteiger partial charge in [0.25, 0.3) is 0 Å². The SMILES string of the molecule is CCC(C)(N)C(=O)c1ccc(Cl)cc1Cl. The summed E-state index contributed by atoms with van der Waals surface area (Å²) in [6.07, 6.45) is 0.560. The highest BCUT2D eigenvalue weighted by Gasteiger charge is 2.28. The third-order valence-corrected chi connectivity index (χ3v) is 2.98. The number of halogens is 2. The summed E-state index contributed by atoms with van der Waals surface area (Å²) in [5.74, 6) is -0.160. The molecule has 1 aromatic carbocycles. The van der Waals surface area contributed by atoms with Gasteiger partial charge in [-0.15, -0.1) is 0 Å². The number of carbonyl (C=O) groups excluding carboxylic acids is 1. The van der Waals surface area contributed by atoms with E-state index in [1.807, 2.05) is 6.92 Å². The van der Waals surface area contributed by atoms with Gasteiger partial charge in [-0.1, -0.05) is 30.1 Å². The molecule has 0 spiro atoms. The van der Waals surface area contributed by atoms with Gasteiger partial charge in [0.15, 0.2) is 5.78 Å². The van der Waals surface area contributed by atoms with Crippen LogP contribution in [0.2, 0.25) is 10.0 Å². The number of benzene rings is 1. The van der Waals surface area contributed by atoms with Crippen LogP contribution in [0, 0.1) is 0 Å². The van der Waals surface area contributed by atoms with E-state index >= 15 is 0 Å². The van der Waals surface area contributed by atoms with Crippen molar-refractivity contribution in [2.75, 3.05) is 0 Å². The smallest absolute Gasteiger partial charge is 0.183 e. The van der Waals surface area contributed by atoms with E-state index in [-0.39, 0.29) is 5.78 Å². The van der Waals surface area contributed by atoms with Crippen LogP contribution in [0.25, 0.3) is 0 Å². The van der Waals surface area contributed by atoms with Gasteiger partial charge in [0.1, 0.15) is 0 Å². The molecule has 0 saturated heterocycles. The number of Topliss-reactive ketones (excluding diaryl/α,β-unsaturated/α-hetero) is 1. The highest BCUT2D eigenvalue weighted by atomic mass is 35.5. The first kappa shape index (κ1) is 12.5. The molecule has 2 N–H and O–H groups in total. The predicted molar refractivity (Wildman–Crippen MR) is 63.7 cm³/mol. The summed E-state index contributed by atoms with van der Waals surface area (Å²) in [4.78, 5) is 12.0. The standard InChI is InChI=1S/C11H13Cl2NO/c1-3-11(2,14)10(15)8-5-4-7(12)6-9(8)13/h4-6H,3,14H2,1-2H3. The van der Waals surface area contributed by atoms with Crippen LogP contribution in [0.3, 0.4) is 0 Å². The highest BCUT2D eigenvalue weighted by Crippen LogP contribution is 2.24. The van der Waals surface area contributed by atoms with Crippen LogP contribution in [0.5, 0.6) is 0 Å². The minimum atomic E-state index is -0.878. The number of ketones is 1. The second-order valence-electron chi connectivity index (χ2n) is 3.72. The third-order valence-electron chi connectivity index (χ3n) is 2.43. The predicted octanol–water partition coefficient (Wildman–Crippen LogP) is 3.30. The first-order valence-corrected chi connectivity index (χ1v) is 5.43.